The van der Waals surface area contributed by atoms with E-state index < -0.39 is 17.3 Å². The highest BCUT2D eigenvalue weighted by atomic mass is 16.3. The summed E-state index contributed by atoms with van der Waals surface area (Å²) in [6, 6.07) is 20.2. The number of hydrogen-bond acceptors (Lipinski definition) is 4. The molecule has 1 amide bonds. The number of benzene rings is 2. The summed E-state index contributed by atoms with van der Waals surface area (Å²) in [5, 5.41) is 0.411. The zero-order chi connectivity index (χ0) is 25.3. The maximum Gasteiger partial charge on any atom is 0.331 e. The van der Waals surface area contributed by atoms with Gasteiger partial charge in [-0.05, 0) is 36.8 Å². The highest BCUT2D eigenvalue weighted by molar-refractivity contribution is 6.03. The molecule has 2 aromatic carbocycles. The minimum atomic E-state index is -0.691. The molecule has 0 N–H and O–H groups in total. The summed E-state index contributed by atoms with van der Waals surface area (Å²) >= 11 is 0. The average molecular weight is 481 g/mol. The topological polar surface area (TPSA) is 82.4 Å². The molecule has 0 saturated carbocycles. The first-order chi connectivity index (χ1) is 17.3. The Morgan fingerprint density at radius 3 is 2.17 bits per heavy atom. The van der Waals surface area contributed by atoms with E-state index >= 15 is 0 Å². The molecule has 180 valence electrons. The van der Waals surface area contributed by atoms with Gasteiger partial charge in [0.1, 0.15) is 17.6 Å². The first kappa shape index (κ1) is 21.9. The average Bonchev–Trinajstić information content (AvgIpc) is 3.47. The number of carbonyl (C=O) groups excluding carboxylic acids is 1. The third-order valence-electron chi connectivity index (χ3n) is 6.93. The molecule has 0 spiro atoms. The lowest BCUT2D eigenvalue weighted by Gasteiger charge is -2.37. The number of para-hydroxylation sites is 2. The molecular formula is C28H24N4O4. The first-order valence-electron chi connectivity index (χ1n) is 11.7. The van der Waals surface area contributed by atoms with Gasteiger partial charge in [0.25, 0.3) is 5.56 Å². The highest BCUT2D eigenvalue weighted by Gasteiger charge is 2.41. The summed E-state index contributed by atoms with van der Waals surface area (Å²) in [4.78, 5) is 41.7. The van der Waals surface area contributed by atoms with Crippen molar-refractivity contribution in [1.29, 1.82) is 0 Å². The van der Waals surface area contributed by atoms with Crippen LogP contribution in [0.2, 0.25) is 0 Å². The molecular weight excluding hydrogens is 456 g/mol. The first-order valence-corrected chi connectivity index (χ1v) is 11.7. The number of furan rings is 1. The van der Waals surface area contributed by atoms with Gasteiger partial charge in [0.05, 0.1) is 33.7 Å². The third-order valence-corrected chi connectivity index (χ3v) is 6.93. The molecule has 0 saturated heterocycles. The van der Waals surface area contributed by atoms with E-state index in [1.165, 1.54) is 18.5 Å². The fourth-order valence-electron chi connectivity index (χ4n) is 5.40. The summed E-state index contributed by atoms with van der Waals surface area (Å²) in [7, 11) is 3.14. The van der Waals surface area contributed by atoms with Crippen molar-refractivity contribution in [2.45, 2.75) is 19.9 Å². The molecule has 0 fully saturated rings. The van der Waals surface area contributed by atoms with Gasteiger partial charge in [-0.2, -0.15) is 0 Å². The zero-order valence-electron chi connectivity index (χ0n) is 20.4. The number of amides is 1. The number of hydrogen-bond donors (Lipinski definition) is 0. The van der Waals surface area contributed by atoms with Crippen LogP contribution in [0.3, 0.4) is 0 Å². The van der Waals surface area contributed by atoms with Crippen molar-refractivity contribution in [2.75, 3.05) is 4.90 Å². The Kier molecular flexibility index (Phi) is 4.69. The lowest BCUT2D eigenvalue weighted by Crippen LogP contribution is -2.40. The number of fused-ring (bicyclic) bond motifs is 5. The van der Waals surface area contributed by atoms with Crippen molar-refractivity contribution in [2.24, 2.45) is 14.1 Å². The van der Waals surface area contributed by atoms with Crippen LogP contribution in [0, 0.1) is 6.92 Å². The van der Waals surface area contributed by atoms with Gasteiger partial charge in [-0.3, -0.25) is 23.6 Å². The van der Waals surface area contributed by atoms with Gasteiger partial charge in [0.2, 0.25) is 5.91 Å². The van der Waals surface area contributed by atoms with Crippen LogP contribution in [-0.4, -0.2) is 19.6 Å². The molecule has 1 unspecified atom stereocenters. The number of aromatic nitrogens is 3. The summed E-state index contributed by atoms with van der Waals surface area (Å²) in [6.07, 6.45) is 0. The van der Waals surface area contributed by atoms with E-state index in [4.69, 9.17) is 4.42 Å². The van der Waals surface area contributed by atoms with Crippen LogP contribution in [-0.2, 0) is 18.9 Å². The standard InChI is InChI=1S/C28H24N4O4/c1-16-14-15-21(36-16)24-26-25-22(27(34)30(4)28(35)29(25)3)23(18-10-6-5-7-11-18)32(26)20-13-9-8-12-19(20)31(24)17(2)33/h5-15,24H,1-4H3. The maximum atomic E-state index is 13.7. The van der Waals surface area contributed by atoms with Gasteiger partial charge >= 0.3 is 5.69 Å². The van der Waals surface area contributed by atoms with Crippen molar-refractivity contribution in [3.63, 3.8) is 0 Å². The van der Waals surface area contributed by atoms with Crippen LogP contribution in [0.4, 0.5) is 5.69 Å². The van der Waals surface area contributed by atoms with E-state index in [2.05, 4.69) is 0 Å². The molecule has 8 nitrogen and oxygen atoms in total. The molecule has 3 aromatic heterocycles. The molecule has 8 heteroatoms. The monoisotopic (exact) mass is 480 g/mol. The molecule has 1 atom stereocenters. The molecule has 1 aliphatic heterocycles. The molecule has 1 aliphatic rings. The van der Waals surface area contributed by atoms with Crippen molar-refractivity contribution in [3.05, 3.63) is 105 Å². The van der Waals surface area contributed by atoms with E-state index in [0.29, 0.717) is 39.5 Å². The second kappa shape index (κ2) is 7.71. The van der Waals surface area contributed by atoms with Crippen LogP contribution in [0.1, 0.15) is 30.2 Å². The highest BCUT2D eigenvalue weighted by Crippen LogP contribution is 2.48. The van der Waals surface area contributed by atoms with Gasteiger partial charge in [0, 0.05) is 21.0 Å². The summed E-state index contributed by atoms with van der Waals surface area (Å²) in [5.41, 5.74) is 3.19. The fourth-order valence-corrected chi connectivity index (χ4v) is 5.40. The Morgan fingerprint density at radius 1 is 0.861 bits per heavy atom. The number of nitrogens with zero attached hydrogens (tertiary/aromatic N) is 4. The molecule has 4 heterocycles. The van der Waals surface area contributed by atoms with Crippen molar-refractivity contribution >= 4 is 22.5 Å². The van der Waals surface area contributed by atoms with Gasteiger partial charge in [-0.15, -0.1) is 0 Å². The minimum Gasteiger partial charge on any atom is -0.464 e. The minimum absolute atomic E-state index is 0.183. The SMILES string of the molecule is CC(=O)N1c2ccccc2-n2c(-c3ccccc3)c3c(=O)n(C)c(=O)n(C)c3c2C1c1ccc(C)o1. The largest absolute Gasteiger partial charge is 0.464 e. The molecule has 6 rings (SSSR count). The Hall–Kier alpha value is -4.59. The Morgan fingerprint density at radius 2 is 1.53 bits per heavy atom. The molecule has 5 aromatic rings. The van der Waals surface area contributed by atoms with E-state index in [-0.39, 0.29) is 5.91 Å². The number of anilines is 1. The quantitative estimate of drug-likeness (QED) is 0.382. The predicted molar refractivity (Wildman–Crippen MR) is 138 cm³/mol. The lowest BCUT2D eigenvalue weighted by atomic mass is 10.0. The zero-order valence-corrected chi connectivity index (χ0v) is 20.4. The fraction of sp³-hybridized carbons (Fsp3) is 0.179. The van der Waals surface area contributed by atoms with Gasteiger partial charge in [-0.1, -0.05) is 42.5 Å². The summed E-state index contributed by atoms with van der Waals surface area (Å²) in [5.74, 6) is 1.06. The van der Waals surface area contributed by atoms with Gasteiger partial charge < -0.3 is 8.98 Å². The Labute approximate surface area is 206 Å². The van der Waals surface area contributed by atoms with Gasteiger partial charge in [0.15, 0.2) is 0 Å². The van der Waals surface area contributed by atoms with E-state index in [0.717, 1.165) is 15.8 Å². The van der Waals surface area contributed by atoms with E-state index in [1.807, 2.05) is 78.2 Å². The van der Waals surface area contributed by atoms with Crippen LogP contribution < -0.4 is 16.1 Å². The summed E-state index contributed by atoms with van der Waals surface area (Å²) < 4.78 is 10.7. The Bertz CT molecular complexity index is 1800. The third kappa shape index (κ3) is 2.84. The number of carbonyl (C=O) groups is 1. The normalized spacial score (nSPS) is 14.7. The number of aryl methyl sites for hydroxylation is 2. The van der Waals surface area contributed by atoms with Crippen LogP contribution in [0.5, 0.6) is 0 Å². The molecule has 0 radical (unpaired) electrons. The second-order valence-corrected chi connectivity index (χ2v) is 9.09. The number of rotatable bonds is 2. The molecule has 36 heavy (non-hydrogen) atoms. The maximum absolute atomic E-state index is 13.7. The summed E-state index contributed by atoms with van der Waals surface area (Å²) in [6.45, 7) is 3.35. The van der Waals surface area contributed by atoms with Crippen LogP contribution in [0.15, 0.2) is 80.7 Å². The van der Waals surface area contributed by atoms with Crippen molar-refractivity contribution in [1.82, 2.24) is 13.7 Å². The molecule has 0 aliphatic carbocycles. The van der Waals surface area contributed by atoms with Crippen molar-refractivity contribution in [3.8, 4) is 16.9 Å². The predicted octanol–water partition coefficient (Wildman–Crippen LogP) is 4.05. The van der Waals surface area contributed by atoms with Gasteiger partial charge in [-0.25, -0.2) is 4.79 Å². The van der Waals surface area contributed by atoms with Crippen molar-refractivity contribution < 1.29 is 9.21 Å². The van der Waals surface area contributed by atoms with Crippen LogP contribution >= 0.6 is 0 Å². The lowest BCUT2D eigenvalue weighted by molar-refractivity contribution is -0.117. The smallest absolute Gasteiger partial charge is 0.331 e. The van der Waals surface area contributed by atoms with E-state index in [1.54, 1.807) is 11.9 Å². The second-order valence-electron chi connectivity index (χ2n) is 9.09. The van der Waals surface area contributed by atoms with E-state index in [9.17, 15) is 14.4 Å². The van der Waals surface area contributed by atoms with Crippen LogP contribution in [0.25, 0.3) is 27.8 Å². The molecule has 0 bridgehead atoms. The Balaban J connectivity index is 1.92.